The number of hydrogen-bond donors (Lipinski definition) is 1. The minimum atomic E-state index is -0.333. The van der Waals surface area contributed by atoms with Gasteiger partial charge in [0.2, 0.25) is 0 Å². The van der Waals surface area contributed by atoms with Crippen LogP contribution in [-0.2, 0) is 11.2 Å². The number of benzene rings is 1. The van der Waals surface area contributed by atoms with E-state index in [2.05, 4.69) is 17.4 Å². The Hall–Kier alpha value is -1.51. The Balaban J connectivity index is 2.26. The molecule has 94 valence electrons. The molecule has 0 heterocycles. The number of carbonyl (C=O) groups excluding carboxylic acids is 1. The molecule has 0 fully saturated rings. The fourth-order valence-corrected chi connectivity index (χ4v) is 1.55. The SMILES string of the molecule is CC(CCc1ccccc1)NC(=O)OC(C)C. The summed E-state index contributed by atoms with van der Waals surface area (Å²) >= 11 is 0. The molecule has 0 aliphatic carbocycles. The van der Waals surface area contributed by atoms with Gasteiger partial charge in [-0.3, -0.25) is 0 Å². The van der Waals surface area contributed by atoms with Gasteiger partial charge in [0, 0.05) is 6.04 Å². The molecule has 1 aromatic carbocycles. The Morgan fingerprint density at radius 1 is 1.24 bits per heavy atom. The average molecular weight is 235 g/mol. The quantitative estimate of drug-likeness (QED) is 0.851. The van der Waals surface area contributed by atoms with Crippen molar-refractivity contribution in [3.63, 3.8) is 0 Å². The van der Waals surface area contributed by atoms with Gasteiger partial charge in [-0.05, 0) is 39.2 Å². The number of amides is 1. The van der Waals surface area contributed by atoms with Crippen LogP contribution >= 0.6 is 0 Å². The third kappa shape index (κ3) is 5.95. The summed E-state index contributed by atoms with van der Waals surface area (Å²) in [5, 5.41) is 2.82. The van der Waals surface area contributed by atoms with Crippen molar-refractivity contribution in [3.05, 3.63) is 35.9 Å². The van der Waals surface area contributed by atoms with E-state index in [1.165, 1.54) is 5.56 Å². The Bertz CT molecular complexity index is 335. The minimum Gasteiger partial charge on any atom is -0.447 e. The van der Waals surface area contributed by atoms with Gasteiger partial charge in [0.25, 0.3) is 0 Å². The second kappa shape index (κ2) is 6.94. The van der Waals surface area contributed by atoms with Gasteiger partial charge in [0.1, 0.15) is 0 Å². The first-order chi connectivity index (χ1) is 8.08. The molecule has 1 aromatic rings. The standard InChI is InChI=1S/C14H21NO2/c1-11(2)17-14(16)15-12(3)9-10-13-7-5-4-6-8-13/h4-8,11-12H,9-10H2,1-3H3,(H,15,16). The largest absolute Gasteiger partial charge is 0.447 e. The summed E-state index contributed by atoms with van der Waals surface area (Å²) in [6.07, 6.45) is 1.47. The van der Waals surface area contributed by atoms with Crippen LogP contribution in [0, 0.1) is 0 Å². The lowest BCUT2D eigenvalue weighted by Crippen LogP contribution is -2.34. The van der Waals surface area contributed by atoms with E-state index in [-0.39, 0.29) is 18.2 Å². The summed E-state index contributed by atoms with van der Waals surface area (Å²) < 4.78 is 5.02. The Morgan fingerprint density at radius 3 is 2.47 bits per heavy atom. The van der Waals surface area contributed by atoms with Crippen LogP contribution in [-0.4, -0.2) is 18.2 Å². The molecule has 1 amide bonds. The maximum Gasteiger partial charge on any atom is 0.407 e. The molecule has 3 nitrogen and oxygen atoms in total. The lowest BCUT2D eigenvalue weighted by molar-refractivity contribution is 0.112. The topological polar surface area (TPSA) is 38.3 Å². The summed E-state index contributed by atoms with van der Waals surface area (Å²) in [6.45, 7) is 5.67. The van der Waals surface area contributed by atoms with E-state index < -0.39 is 0 Å². The highest BCUT2D eigenvalue weighted by Crippen LogP contribution is 2.05. The van der Waals surface area contributed by atoms with Gasteiger partial charge < -0.3 is 10.1 Å². The van der Waals surface area contributed by atoms with Crippen molar-refractivity contribution in [1.82, 2.24) is 5.32 Å². The highest BCUT2D eigenvalue weighted by atomic mass is 16.6. The van der Waals surface area contributed by atoms with Crippen molar-refractivity contribution >= 4 is 6.09 Å². The van der Waals surface area contributed by atoms with Crippen LogP contribution in [0.25, 0.3) is 0 Å². The van der Waals surface area contributed by atoms with Crippen molar-refractivity contribution < 1.29 is 9.53 Å². The molecule has 0 saturated heterocycles. The molecule has 1 rings (SSSR count). The normalized spacial score (nSPS) is 12.2. The van der Waals surface area contributed by atoms with Crippen LogP contribution in [0.3, 0.4) is 0 Å². The van der Waals surface area contributed by atoms with Gasteiger partial charge in [-0.1, -0.05) is 30.3 Å². The van der Waals surface area contributed by atoms with Crippen molar-refractivity contribution in [2.24, 2.45) is 0 Å². The lowest BCUT2D eigenvalue weighted by atomic mass is 10.1. The number of carbonyl (C=O) groups is 1. The Morgan fingerprint density at radius 2 is 1.88 bits per heavy atom. The zero-order valence-electron chi connectivity index (χ0n) is 10.8. The van der Waals surface area contributed by atoms with E-state index in [1.54, 1.807) is 0 Å². The maximum atomic E-state index is 11.3. The predicted molar refractivity (Wildman–Crippen MR) is 69.0 cm³/mol. The van der Waals surface area contributed by atoms with Crippen LogP contribution in [0.5, 0.6) is 0 Å². The van der Waals surface area contributed by atoms with E-state index in [4.69, 9.17) is 4.74 Å². The molecule has 1 N–H and O–H groups in total. The number of aryl methyl sites for hydroxylation is 1. The molecule has 0 aliphatic heterocycles. The fourth-order valence-electron chi connectivity index (χ4n) is 1.55. The first-order valence-corrected chi connectivity index (χ1v) is 6.09. The number of nitrogens with one attached hydrogen (secondary N) is 1. The number of ether oxygens (including phenoxy) is 1. The predicted octanol–water partition coefficient (Wildman–Crippen LogP) is 3.14. The summed E-state index contributed by atoms with van der Waals surface area (Å²) in [4.78, 5) is 11.3. The molecule has 1 atom stereocenters. The van der Waals surface area contributed by atoms with E-state index in [1.807, 2.05) is 39.0 Å². The van der Waals surface area contributed by atoms with Gasteiger partial charge in [-0.15, -0.1) is 0 Å². The van der Waals surface area contributed by atoms with Gasteiger partial charge in [0.05, 0.1) is 6.10 Å². The van der Waals surface area contributed by atoms with Crippen molar-refractivity contribution in [1.29, 1.82) is 0 Å². The van der Waals surface area contributed by atoms with E-state index in [9.17, 15) is 4.79 Å². The molecule has 0 aromatic heterocycles. The zero-order chi connectivity index (χ0) is 12.7. The van der Waals surface area contributed by atoms with Gasteiger partial charge in [-0.2, -0.15) is 0 Å². The molecule has 1 unspecified atom stereocenters. The fraction of sp³-hybridized carbons (Fsp3) is 0.500. The van der Waals surface area contributed by atoms with Crippen LogP contribution in [0.2, 0.25) is 0 Å². The summed E-state index contributed by atoms with van der Waals surface area (Å²) in [5.41, 5.74) is 1.29. The molecule has 0 saturated carbocycles. The molecule has 0 spiro atoms. The highest BCUT2D eigenvalue weighted by molar-refractivity contribution is 5.67. The van der Waals surface area contributed by atoms with Crippen molar-refractivity contribution in [2.75, 3.05) is 0 Å². The van der Waals surface area contributed by atoms with Crippen LogP contribution in [0.1, 0.15) is 32.8 Å². The first kappa shape index (κ1) is 13.6. The second-order valence-electron chi connectivity index (χ2n) is 4.52. The summed E-state index contributed by atoms with van der Waals surface area (Å²) in [7, 11) is 0. The van der Waals surface area contributed by atoms with E-state index >= 15 is 0 Å². The van der Waals surface area contributed by atoms with E-state index in [0.29, 0.717) is 0 Å². The van der Waals surface area contributed by atoms with Crippen LogP contribution in [0.4, 0.5) is 4.79 Å². The number of hydrogen-bond acceptors (Lipinski definition) is 2. The van der Waals surface area contributed by atoms with Crippen molar-refractivity contribution in [3.8, 4) is 0 Å². The average Bonchev–Trinajstić information content (AvgIpc) is 2.26. The van der Waals surface area contributed by atoms with Gasteiger partial charge >= 0.3 is 6.09 Å². The van der Waals surface area contributed by atoms with Gasteiger partial charge in [-0.25, -0.2) is 4.79 Å². The van der Waals surface area contributed by atoms with Crippen LogP contribution < -0.4 is 5.32 Å². The Kier molecular flexibility index (Phi) is 5.53. The maximum absolute atomic E-state index is 11.3. The zero-order valence-corrected chi connectivity index (χ0v) is 10.8. The lowest BCUT2D eigenvalue weighted by Gasteiger charge is -2.15. The third-order valence-electron chi connectivity index (χ3n) is 2.42. The molecule has 0 bridgehead atoms. The Labute approximate surface area is 103 Å². The smallest absolute Gasteiger partial charge is 0.407 e. The molecular weight excluding hydrogens is 214 g/mol. The van der Waals surface area contributed by atoms with Crippen LogP contribution in [0.15, 0.2) is 30.3 Å². The monoisotopic (exact) mass is 235 g/mol. The highest BCUT2D eigenvalue weighted by Gasteiger charge is 2.09. The number of rotatable bonds is 5. The third-order valence-corrected chi connectivity index (χ3v) is 2.42. The molecule has 0 radical (unpaired) electrons. The molecular formula is C14H21NO2. The molecule has 17 heavy (non-hydrogen) atoms. The summed E-state index contributed by atoms with van der Waals surface area (Å²) in [5.74, 6) is 0. The number of alkyl carbamates (subject to hydrolysis) is 1. The summed E-state index contributed by atoms with van der Waals surface area (Å²) in [6, 6.07) is 10.4. The molecule has 3 heteroatoms. The van der Waals surface area contributed by atoms with Gasteiger partial charge in [0.15, 0.2) is 0 Å². The molecule has 0 aliphatic rings. The van der Waals surface area contributed by atoms with Crippen molar-refractivity contribution in [2.45, 2.75) is 45.8 Å². The first-order valence-electron chi connectivity index (χ1n) is 6.09. The van der Waals surface area contributed by atoms with E-state index in [0.717, 1.165) is 12.8 Å². The minimum absolute atomic E-state index is 0.0728. The second-order valence-corrected chi connectivity index (χ2v) is 4.52.